The number of benzene rings is 1. The SMILES string of the molecule is O=C(O)COc1cccc(O)c1C(=O)C1CC1. The first-order valence-corrected chi connectivity index (χ1v) is 5.30. The van der Waals surface area contributed by atoms with Crippen molar-refractivity contribution in [2.75, 3.05) is 6.61 Å². The highest BCUT2D eigenvalue weighted by molar-refractivity contribution is 6.03. The summed E-state index contributed by atoms with van der Waals surface area (Å²) in [6.45, 7) is -0.533. The van der Waals surface area contributed by atoms with Crippen molar-refractivity contribution in [3.05, 3.63) is 23.8 Å². The number of carbonyl (C=O) groups excluding carboxylic acids is 1. The molecule has 0 bridgehead atoms. The van der Waals surface area contributed by atoms with Crippen molar-refractivity contribution < 1.29 is 24.5 Å². The van der Waals surface area contributed by atoms with Crippen LogP contribution in [0, 0.1) is 5.92 Å². The van der Waals surface area contributed by atoms with E-state index < -0.39 is 12.6 Å². The molecule has 17 heavy (non-hydrogen) atoms. The third kappa shape index (κ3) is 2.55. The number of aromatic hydroxyl groups is 1. The predicted octanol–water partition coefficient (Wildman–Crippen LogP) is 1.45. The Kier molecular flexibility index (Phi) is 2.99. The van der Waals surface area contributed by atoms with Crippen molar-refractivity contribution in [3.63, 3.8) is 0 Å². The lowest BCUT2D eigenvalue weighted by molar-refractivity contribution is -0.139. The summed E-state index contributed by atoms with van der Waals surface area (Å²) < 4.78 is 5.00. The number of hydrogen-bond donors (Lipinski definition) is 2. The summed E-state index contributed by atoms with van der Waals surface area (Å²) in [6.07, 6.45) is 1.62. The van der Waals surface area contributed by atoms with Gasteiger partial charge in [0.05, 0.1) is 0 Å². The first kappa shape index (κ1) is 11.4. The molecular weight excluding hydrogens is 224 g/mol. The zero-order valence-electron chi connectivity index (χ0n) is 9.05. The second-order valence-corrected chi connectivity index (χ2v) is 3.97. The Bertz CT molecular complexity index is 462. The summed E-state index contributed by atoms with van der Waals surface area (Å²) in [4.78, 5) is 22.3. The van der Waals surface area contributed by atoms with Crippen LogP contribution in [-0.4, -0.2) is 28.6 Å². The summed E-state index contributed by atoms with van der Waals surface area (Å²) >= 11 is 0. The van der Waals surface area contributed by atoms with Crippen LogP contribution >= 0.6 is 0 Å². The van der Waals surface area contributed by atoms with Gasteiger partial charge in [-0.15, -0.1) is 0 Å². The maximum absolute atomic E-state index is 11.9. The molecule has 5 nitrogen and oxygen atoms in total. The molecule has 1 aromatic rings. The molecule has 0 unspecified atom stereocenters. The van der Waals surface area contributed by atoms with Crippen molar-refractivity contribution in [1.82, 2.24) is 0 Å². The molecule has 2 rings (SSSR count). The number of ketones is 1. The van der Waals surface area contributed by atoms with E-state index in [9.17, 15) is 14.7 Å². The van der Waals surface area contributed by atoms with Gasteiger partial charge in [-0.2, -0.15) is 0 Å². The zero-order valence-corrected chi connectivity index (χ0v) is 9.05. The molecule has 0 heterocycles. The van der Waals surface area contributed by atoms with Crippen molar-refractivity contribution in [2.24, 2.45) is 5.92 Å². The number of hydrogen-bond acceptors (Lipinski definition) is 4. The van der Waals surface area contributed by atoms with Gasteiger partial charge < -0.3 is 14.9 Å². The summed E-state index contributed by atoms with van der Waals surface area (Å²) in [5.41, 5.74) is 0.0938. The molecule has 0 saturated heterocycles. The van der Waals surface area contributed by atoms with Crippen LogP contribution in [0.15, 0.2) is 18.2 Å². The van der Waals surface area contributed by atoms with Gasteiger partial charge in [0.25, 0.3) is 0 Å². The number of phenolic OH excluding ortho intramolecular Hbond substituents is 1. The van der Waals surface area contributed by atoms with E-state index in [1.165, 1.54) is 18.2 Å². The first-order valence-electron chi connectivity index (χ1n) is 5.30. The molecule has 0 spiro atoms. The number of phenols is 1. The van der Waals surface area contributed by atoms with Crippen LogP contribution in [0.5, 0.6) is 11.5 Å². The van der Waals surface area contributed by atoms with E-state index in [0.29, 0.717) is 0 Å². The lowest BCUT2D eigenvalue weighted by Crippen LogP contribution is -2.12. The predicted molar refractivity (Wildman–Crippen MR) is 58.3 cm³/mol. The van der Waals surface area contributed by atoms with Gasteiger partial charge in [-0.05, 0) is 25.0 Å². The molecular formula is C12H12O5. The van der Waals surface area contributed by atoms with Gasteiger partial charge in [0.15, 0.2) is 12.4 Å². The van der Waals surface area contributed by atoms with E-state index in [4.69, 9.17) is 9.84 Å². The van der Waals surface area contributed by atoms with E-state index in [0.717, 1.165) is 12.8 Å². The average Bonchev–Trinajstić information content (AvgIpc) is 3.09. The molecule has 0 aliphatic heterocycles. The zero-order chi connectivity index (χ0) is 12.4. The third-order valence-corrected chi connectivity index (χ3v) is 2.55. The second-order valence-electron chi connectivity index (χ2n) is 3.97. The molecule has 1 fully saturated rings. The van der Waals surface area contributed by atoms with Gasteiger partial charge >= 0.3 is 5.97 Å². The summed E-state index contributed by atoms with van der Waals surface area (Å²) in [5.74, 6) is -1.40. The Hall–Kier alpha value is -2.04. The maximum Gasteiger partial charge on any atom is 0.341 e. The van der Waals surface area contributed by atoms with Gasteiger partial charge in [0.1, 0.15) is 17.1 Å². The minimum atomic E-state index is -1.13. The standard InChI is InChI=1S/C12H12O5/c13-8-2-1-3-9(17-6-10(14)15)11(8)12(16)7-4-5-7/h1-3,7,13H,4-6H2,(H,14,15). The normalized spacial score (nSPS) is 14.4. The van der Waals surface area contributed by atoms with Crippen LogP contribution in [-0.2, 0) is 4.79 Å². The first-order chi connectivity index (χ1) is 8.09. The number of aliphatic carboxylic acids is 1. The van der Waals surface area contributed by atoms with Crippen LogP contribution in [0.4, 0.5) is 0 Å². The van der Waals surface area contributed by atoms with Gasteiger partial charge in [-0.1, -0.05) is 6.07 Å². The number of Topliss-reactive ketones (excluding diaryl/α,β-unsaturated/α-hetero) is 1. The van der Waals surface area contributed by atoms with E-state index >= 15 is 0 Å². The molecule has 90 valence electrons. The molecule has 2 N–H and O–H groups in total. The molecule has 1 aliphatic carbocycles. The third-order valence-electron chi connectivity index (χ3n) is 2.55. The van der Waals surface area contributed by atoms with E-state index in [2.05, 4.69) is 0 Å². The lowest BCUT2D eigenvalue weighted by atomic mass is 10.0. The van der Waals surface area contributed by atoms with Crippen molar-refractivity contribution in [3.8, 4) is 11.5 Å². The molecule has 0 aromatic heterocycles. The van der Waals surface area contributed by atoms with E-state index in [1.54, 1.807) is 0 Å². The van der Waals surface area contributed by atoms with Crippen molar-refractivity contribution >= 4 is 11.8 Å². The van der Waals surface area contributed by atoms with Crippen molar-refractivity contribution in [2.45, 2.75) is 12.8 Å². The quantitative estimate of drug-likeness (QED) is 0.756. The Balaban J connectivity index is 2.27. The summed E-state index contributed by atoms with van der Waals surface area (Å²) in [5, 5.41) is 18.2. The minimum Gasteiger partial charge on any atom is -0.507 e. The van der Waals surface area contributed by atoms with Crippen LogP contribution < -0.4 is 4.74 Å². The van der Waals surface area contributed by atoms with Gasteiger partial charge in [0.2, 0.25) is 0 Å². The Labute approximate surface area is 97.6 Å². The monoisotopic (exact) mass is 236 g/mol. The van der Waals surface area contributed by atoms with E-state index in [1.807, 2.05) is 0 Å². The Morgan fingerprint density at radius 2 is 2.06 bits per heavy atom. The van der Waals surface area contributed by atoms with Crippen LogP contribution in [0.25, 0.3) is 0 Å². The number of rotatable bonds is 5. The number of carbonyl (C=O) groups is 2. The molecule has 5 heteroatoms. The summed E-state index contributed by atoms with van der Waals surface area (Å²) in [7, 11) is 0. The molecule has 0 radical (unpaired) electrons. The smallest absolute Gasteiger partial charge is 0.341 e. The fourth-order valence-electron chi connectivity index (χ4n) is 1.58. The van der Waals surface area contributed by atoms with Crippen LogP contribution in [0.1, 0.15) is 23.2 Å². The Morgan fingerprint density at radius 1 is 1.35 bits per heavy atom. The maximum atomic E-state index is 11.9. The van der Waals surface area contributed by atoms with E-state index in [-0.39, 0.29) is 28.8 Å². The largest absolute Gasteiger partial charge is 0.507 e. The van der Waals surface area contributed by atoms with Gasteiger partial charge in [-0.3, -0.25) is 4.79 Å². The van der Waals surface area contributed by atoms with Crippen LogP contribution in [0.3, 0.4) is 0 Å². The number of carboxylic acid groups (broad SMARTS) is 1. The molecule has 1 saturated carbocycles. The summed E-state index contributed by atoms with van der Waals surface area (Å²) in [6, 6.07) is 4.39. The topological polar surface area (TPSA) is 83.8 Å². The highest BCUT2D eigenvalue weighted by Gasteiger charge is 2.33. The lowest BCUT2D eigenvalue weighted by Gasteiger charge is -2.10. The van der Waals surface area contributed by atoms with Gasteiger partial charge in [0, 0.05) is 5.92 Å². The molecule has 1 aliphatic rings. The van der Waals surface area contributed by atoms with Crippen LogP contribution in [0.2, 0.25) is 0 Å². The molecule has 0 amide bonds. The molecule has 1 aromatic carbocycles. The molecule has 0 atom stereocenters. The highest BCUT2D eigenvalue weighted by atomic mass is 16.5. The van der Waals surface area contributed by atoms with Gasteiger partial charge in [-0.25, -0.2) is 4.79 Å². The fraction of sp³-hybridized carbons (Fsp3) is 0.333. The Morgan fingerprint density at radius 3 is 2.65 bits per heavy atom. The number of ether oxygens (including phenoxy) is 1. The highest BCUT2D eigenvalue weighted by Crippen LogP contribution is 2.38. The minimum absolute atomic E-state index is 0.0597. The second kappa shape index (κ2) is 4.45. The average molecular weight is 236 g/mol. The number of carboxylic acids is 1. The fourth-order valence-corrected chi connectivity index (χ4v) is 1.58. The van der Waals surface area contributed by atoms with Crippen molar-refractivity contribution in [1.29, 1.82) is 0 Å².